The highest BCUT2D eigenvalue weighted by Gasteiger charge is 2.26. The van der Waals surface area contributed by atoms with Crippen molar-refractivity contribution in [2.75, 3.05) is 39.3 Å². The van der Waals surface area contributed by atoms with Gasteiger partial charge >= 0.3 is 0 Å². The maximum Gasteiger partial charge on any atom is 0.0702 e. The summed E-state index contributed by atoms with van der Waals surface area (Å²) in [5.74, 6) is 0. The summed E-state index contributed by atoms with van der Waals surface area (Å²) in [6.07, 6.45) is 4.01. The SMILES string of the molecule is CC(O)CN1CCN(CC2CCCCO2)CC1C. The van der Waals surface area contributed by atoms with Gasteiger partial charge in [0.15, 0.2) is 0 Å². The van der Waals surface area contributed by atoms with E-state index < -0.39 is 0 Å². The minimum absolute atomic E-state index is 0.222. The van der Waals surface area contributed by atoms with Crippen LogP contribution in [0.3, 0.4) is 0 Å². The van der Waals surface area contributed by atoms with Crippen LogP contribution in [0.1, 0.15) is 33.1 Å². The number of piperazine rings is 1. The summed E-state index contributed by atoms with van der Waals surface area (Å²) in [4.78, 5) is 4.92. The Bertz CT molecular complexity index is 242. The summed E-state index contributed by atoms with van der Waals surface area (Å²) in [5, 5.41) is 9.47. The van der Waals surface area contributed by atoms with Crippen LogP contribution >= 0.6 is 0 Å². The number of rotatable bonds is 4. The Morgan fingerprint density at radius 1 is 1.33 bits per heavy atom. The van der Waals surface area contributed by atoms with Gasteiger partial charge in [-0.15, -0.1) is 0 Å². The first-order valence-corrected chi connectivity index (χ1v) is 7.41. The molecule has 0 radical (unpaired) electrons. The molecule has 3 atom stereocenters. The Kier molecular flexibility index (Phi) is 5.42. The zero-order valence-electron chi connectivity index (χ0n) is 11.8. The van der Waals surface area contributed by atoms with E-state index >= 15 is 0 Å². The van der Waals surface area contributed by atoms with Gasteiger partial charge < -0.3 is 9.84 Å². The third-order valence-electron chi connectivity index (χ3n) is 4.08. The van der Waals surface area contributed by atoms with Gasteiger partial charge in [-0.2, -0.15) is 0 Å². The molecule has 0 bridgehead atoms. The lowest BCUT2D eigenvalue weighted by Crippen LogP contribution is -2.55. The standard InChI is InChI=1S/C14H28N2O2/c1-12-9-15(6-7-16(12)10-13(2)17)11-14-5-3-4-8-18-14/h12-14,17H,3-11H2,1-2H3. The van der Waals surface area contributed by atoms with Crippen molar-refractivity contribution < 1.29 is 9.84 Å². The number of hydrogen-bond donors (Lipinski definition) is 1. The first kappa shape index (κ1) is 14.3. The van der Waals surface area contributed by atoms with Gasteiger partial charge in [0.1, 0.15) is 0 Å². The summed E-state index contributed by atoms with van der Waals surface area (Å²) < 4.78 is 5.81. The Hall–Kier alpha value is -0.160. The molecule has 0 aromatic heterocycles. The summed E-state index contributed by atoms with van der Waals surface area (Å²) in [5.41, 5.74) is 0. The average Bonchev–Trinajstić information content (AvgIpc) is 2.33. The Labute approximate surface area is 111 Å². The molecule has 3 unspecified atom stereocenters. The van der Waals surface area contributed by atoms with Crippen LogP contribution in [-0.2, 0) is 4.74 Å². The molecular formula is C14H28N2O2. The summed E-state index contributed by atoms with van der Waals surface area (Å²) in [6.45, 7) is 10.2. The van der Waals surface area contributed by atoms with Crippen LogP contribution in [0, 0.1) is 0 Å². The van der Waals surface area contributed by atoms with Crippen molar-refractivity contribution >= 4 is 0 Å². The van der Waals surface area contributed by atoms with Crippen molar-refractivity contribution in [3.05, 3.63) is 0 Å². The lowest BCUT2D eigenvalue weighted by atomic mass is 10.1. The summed E-state index contributed by atoms with van der Waals surface area (Å²) in [6, 6.07) is 0.539. The highest BCUT2D eigenvalue weighted by atomic mass is 16.5. The van der Waals surface area contributed by atoms with Gasteiger partial charge in [-0.25, -0.2) is 0 Å². The highest BCUT2D eigenvalue weighted by Crippen LogP contribution is 2.16. The molecule has 0 spiro atoms. The molecule has 1 N–H and O–H groups in total. The third kappa shape index (κ3) is 4.19. The Balaban J connectivity index is 1.73. The van der Waals surface area contributed by atoms with Crippen LogP contribution in [0.5, 0.6) is 0 Å². The molecule has 18 heavy (non-hydrogen) atoms. The normalized spacial score (nSPS) is 33.5. The van der Waals surface area contributed by atoms with Gasteiger partial charge in [-0.05, 0) is 33.1 Å². The fourth-order valence-electron chi connectivity index (χ4n) is 3.09. The van der Waals surface area contributed by atoms with E-state index in [-0.39, 0.29) is 6.10 Å². The molecule has 0 aromatic carbocycles. The van der Waals surface area contributed by atoms with Gasteiger partial charge in [0.05, 0.1) is 12.2 Å². The average molecular weight is 256 g/mol. The zero-order valence-corrected chi connectivity index (χ0v) is 11.8. The van der Waals surface area contributed by atoms with E-state index in [2.05, 4.69) is 16.7 Å². The van der Waals surface area contributed by atoms with Crippen LogP contribution in [-0.4, -0.2) is 72.5 Å². The van der Waals surface area contributed by atoms with E-state index in [9.17, 15) is 5.11 Å². The number of aliphatic hydroxyl groups excluding tert-OH is 1. The fraction of sp³-hybridized carbons (Fsp3) is 1.00. The number of β-amino-alcohol motifs (C(OH)–C–C–N with tert-alkyl or cyclic N) is 1. The molecule has 4 heteroatoms. The van der Waals surface area contributed by atoms with E-state index in [4.69, 9.17) is 4.74 Å². The third-order valence-corrected chi connectivity index (χ3v) is 4.08. The largest absolute Gasteiger partial charge is 0.392 e. The van der Waals surface area contributed by atoms with Crippen LogP contribution in [0.25, 0.3) is 0 Å². The van der Waals surface area contributed by atoms with Gasteiger partial charge in [0, 0.05) is 45.4 Å². The number of hydrogen-bond acceptors (Lipinski definition) is 4. The van der Waals surface area contributed by atoms with Gasteiger partial charge in [0.25, 0.3) is 0 Å². The first-order valence-electron chi connectivity index (χ1n) is 7.41. The van der Waals surface area contributed by atoms with Crippen molar-refractivity contribution in [3.63, 3.8) is 0 Å². The molecule has 2 aliphatic rings. The van der Waals surface area contributed by atoms with E-state index in [1.165, 1.54) is 19.3 Å². The van der Waals surface area contributed by atoms with Gasteiger partial charge in [-0.1, -0.05) is 0 Å². The van der Waals surface area contributed by atoms with Gasteiger partial charge in [-0.3, -0.25) is 9.80 Å². The van der Waals surface area contributed by atoms with Crippen molar-refractivity contribution in [2.45, 2.75) is 51.4 Å². The van der Waals surface area contributed by atoms with E-state index in [0.29, 0.717) is 12.1 Å². The molecule has 2 aliphatic heterocycles. The fourth-order valence-corrected chi connectivity index (χ4v) is 3.09. The molecule has 2 fully saturated rings. The second kappa shape index (κ2) is 6.85. The van der Waals surface area contributed by atoms with E-state index in [1.807, 2.05) is 6.92 Å². The smallest absolute Gasteiger partial charge is 0.0702 e. The summed E-state index contributed by atoms with van der Waals surface area (Å²) >= 11 is 0. The zero-order chi connectivity index (χ0) is 13.0. The maximum atomic E-state index is 9.47. The van der Waals surface area contributed by atoms with Crippen LogP contribution < -0.4 is 0 Å². The predicted octanol–water partition coefficient (Wildman–Crippen LogP) is 0.942. The minimum Gasteiger partial charge on any atom is -0.392 e. The number of nitrogens with zero attached hydrogens (tertiary/aromatic N) is 2. The highest BCUT2D eigenvalue weighted by molar-refractivity contribution is 4.82. The van der Waals surface area contributed by atoms with Crippen molar-refractivity contribution in [2.24, 2.45) is 0 Å². The molecule has 2 rings (SSSR count). The topological polar surface area (TPSA) is 35.9 Å². The predicted molar refractivity (Wildman–Crippen MR) is 72.7 cm³/mol. The molecule has 0 aromatic rings. The van der Waals surface area contributed by atoms with E-state index in [1.54, 1.807) is 0 Å². The maximum absolute atomic E-state index is 9.47. The number of ether oxygens (including phenoxy) is 1. The quantitative estimate of drug-likeness (QED) is 0.812. The second-order valence-corrected chi connectivity index (χ2v) is 5.94. The van der Waals surface area contributed by atoms with Crippen molar-refractivity contribution in [1.82, 2.24) is 9.80 Å². The minimum atomic E-state index is -0.222. The monoisotopic (exact) mass is 256 g/mol. The molecular weight excluding hydrogens is 228 g/mol. The van der Waals surface area contributed by atoms with Crippen molar-refractivity contribution in [3.8, 4) is 0 Å². The lowest BCUT2D eigenvalue weighted by molar-refractivity contribution is -0.0250. The van der Waals surface area contributed by atoms with Crippen LogP contribution in [0.2, 0.25) is 0 Å². The summed E-state index contributed by atoms with van der Waals surface area (Å²) in [7, 11) is 0. The Morgan fingerprint density at radius 3 is 2.78 bits per heavy atom. The van der Waals surface area contributed by atoms with Crippen LogP contribution in [0.4, 0.5) is 0 Å². The Morgan fingerprint density at radius 2 is 2.17 bits per heavy atom. The molecule has 2 saturated heterocycles. The molecule has 0 amide bonds. The number of aliphatic hydroxyl groups is 1. The molecule has 4 nitrogen and oxygen atoms in total. The van der Waals surface area contributed by atoms with Crippen LogP contribution in [0.15, 0.2) is 0 Å². The molecule has 0 aliphatic carbocycles. The molecule has 0 saturated carbocycles. The second-order valence-electron chi connectivity index (χ2n) is 5.94. The molecule has 106 valence electrons. The van der Waals surface area contributed by atoms with Crippen molar-refractivity contribution in [1.29, 1.82) is 0 Å². The lowest BCUT2D eigenvalue weighted by Gasteiger charge is -2.41. The first-order chi connectivity index (χ1) is 8.65. The molecule has 2 heterocycles. The van der Waals surface area contributed by atoms with E-state index in [0.717, 1.165) is 39.3 Å². The van der Waals surface area contributed by atoms with Gasteiger partial charge in [0.2, 0.25) is 0 Å².